The van der Waals surface area contributed by atoms with E-state index in [-0.39, 0.29) is 17.9 Å². The molecule has 0 unspecified atom stereocenters. The number of hydrogen-bond donors (Lipinski definition) is 1. The molecule has 0 saturated heterocycles. The van der Waals surface area contributed by atoms with Crippen molar-refractivity contribution in [3.63, 3.8) is 0 Å². The third-order valence-electron chi connectivity index (χ3n) is 4.70. The Morgan fingerprint density at radius 3 is 2.15 bits per heavy atom. The van der Waals surface area contributed by atoms with Crippen LogP contribution in [-0.2, 0) is 20.7 Å². The number of para-hydroxylation sites is 1. The lowest BCUT2D eigenvalue weighted by Gasteiger charge is -2.28. The Bertz CT molecular complexity index is 1160. The number of anilines is 2. The first kappa shape index (κ1) is 24.4. The lowest BCUT2D eigenvalue weighted by atomic mass is 10.1. The summed E-state index contributed by atoms with van der Waals surface area (Å²) in [5.41, 5.74) is -0.144. The van der Waals surface area contributed by atoms with E-state index < -0.39 is 29.7 Å². The summed E-state index contributed by atoms with van der Waals surface area (Å²) >= 11 is 0. The topological polar surface area (TPSA) is 124 Å². The molecule has 1 N–H and O–H groups in total. The van der Waals surface area contributed by atoms with Crippen LogP contribution in [0.2, 0.25) is 0 Å². The number of ether oxygens (including phenoxy) is 2. The summed E-state index contributed by atoms with van der Waals surface area (Å²) in [6.45, 7) is 5.08. The number of benzene rings is 2. The lowest BCUT2D eigenvalue weighted by molar-refractivity contribution is -0.141. The number of aliphatic carboxylic acids is 1. The molecule has 10 heteroatoms. The molecule has 10 nitrogen and oxygen atoms in total. The van der Waals surface area contributed by atoms with Gasteiger partial charge in [-0.05, 0) is 38.5 Å². The molecule has 178 valence electrons. The van der Waals surface area contributed by atoms with Crippen molar-refractivity contribution in [1.82, 2.24) is 15.0 Å². The average molecular weight is 466 g/mol. The van der Waals surface area contributed by atoms with Crippen LogP contribution in [0.5, 0.6) is 0 Å². The maximum atomic E-state index is 13.4. The van der Waals surface area contributed by atoms with Crippen LogP contribution >= 0.6 is 0 Å². The van der Waals surface area contributed by atoms with Gasteiger partial charge in [-0.3, -0.25) is 0 Å². The van der Waals surface area contributed by atoms with Gasteiger partial charge in [-0.2, -0.15) is 0 Å². The van der Waals surface area contributed by atoms with Crippen molar-refractivity contribution >= 4 is 29.5 Å². The number of methoxy groups -OCH3 is 1. The van der Waals surface area contributed by atoms with Crippen molar-refractivity contribution in [1.29, 1.82) is 0 Å². The van der Waals surface area contributed by atoms with Crippen LogP contribution in [0.25, 0.3) is 0 Å². The molecule has 0 saturated carbocycles. The molecule has 1 heterocycles. The number of esters is 1. The van der Waals surface area contributed by atoms with Crippen LogP contribution in [-0.4, -0.2) is 50.8 Å². The van der Waals surface area contributed by atoms with E-state index in [1.165, 1.54) is 0 Å². The van der Waals surface area contributed by atoms with Gasteiger partial charge < -0.3 is 14.6 Å². The van der Waals surface area contributed by atoms with Crippen LogP contribution in [0.1, 0.15) is 42.9 Å². The number of carboxylic acids is 1. The van der Waals surface area contributed by atoms with E-state index in [1.54, 1.807) is 75.4 Å². The summed E-state index contributed by atoms with van der Waals surface area (Å²) in [4.78, 5) is 39.3. The van der Waals surface area contributed by atoms with Gasteiger partial charge in [0.2, 0.25) is 5.69 Å². The molecule has 0 bridgehead atoms. The number of carbonyl (C=O) groups is 3. The predicted molar refractivity (Wildman–Crippen MR) is 123 cm³/mol. The van der Waals surface area contributed by atoms with Gasteiger partial charge in [0.25, 0.3) is 0 Å². The van der Waals surface area contributed by atoms with Gasteiger partial charge >= 0.3 is 18.0 Å². The Labute approximate surface area is 196 Å². The lowest BCUT2D eigenvalue weighted by Crippen LogP contribution is -2.37. The summed E-state index contributed by atoms with van der Waals surface area (Å²) in [7, 11) is 1.16. The molecule has 0 aliphatic rings. The van der Waals surface area contributed by atoms with Crippen LogP contribution in [0.4, 0.5) is 16.3 Å². The first-order chi connectivity index (χ1) is 16.1. The van der Waals surface area contributed by atoms with Crippen molar-refractivity contribution < 1.29 is 29.0 Å². The predicted octanol–water partition coefficient (Wildman–Crippen LogP) is 4.01. The number of hydrogen-bond acceptors (Lipinski definition) is 7. The minimum absolute atomic E-state index is 0.0318. The van der Waals surface area contributed by atoms with Crippen LogP contribution in [0, 0.1) is 0 Å². The fraction of sp³-hybridized carbons (Fsp3) is 0.292. The van der Waals surface area contributed by atoms with Gasteiger partial charge in [-0.15, -0.1) is 5.10 Å². The average Bonchev–Trinajstić information content (AvgIpc) is 3.21. The molecule has 3 rings (SSSR count). The third-order valence-corrected chi connectivity index (χ3v) is 4.70. The van der Waals surface area contributed by atoms with Gasteiger partial charge in [0.15, 0.2) is 11.9 Å². The molecule has 1 aromatic heterocycles. The molecule has 3 aromatic rings. The van der Waals surface area contributed by atoms with E-state index in [0.29, 0.717) is 5.69 Å². The zero-order chi connectivity index (χ0) is 24.9. The number of nitrogens with zero attached hydrogens (tertiary/aromatic N) is 4. The highest BCUT2D eigenvalue weighted by Gasteiger charge is 2.37. The number of aromatic nitrogens is 3. The van der Waals surface area contributed by atoms with Gasteiger partial charge in [0.1, 0.15) is 5.60 Å². The number of carboxylic acid groups (broad SMARTS) is 1. The van der Waals surface area contributed by atoms with Gasteiger partial charge in [-0.25, -0.2) is 24.0 Å². The van der Waals surface area contributed by atoms with E-state index in [0.717, 1.165) is 22.3 Å². The number of carbonyl (C=O) groups excluding carboxylic acids is 2. The maximum absolute atomic E-state index is 13.4. The highest BCUT2D eigenvalue weighted by molar-refractivity contribution is 6.02. The zero-order valence-electron chi connectivity index (χ0n) is 19.3. The Morgan fingerprint density at radius 1 is 1.03 bits per heavy atom. The smallest absolute Gasteiger partial charge is 0.420 e. The molecule has 0 fully saturated rings. The Hall–Kier alpha value is -4.21. The van der Waals surface area contributed by atoms with Gasteiger partial charge in [0.05, 0.1) is 12.8 Å². The first-order valence-electron chi connectivity index (χ1n) is 10.5. The summed E-state index contributed by atoms with van der Waals surface area (Å²) in [5, 5.41) is 17.9. The molecule has 1 amide bonds. The third kappa shape index (κ3) is 5.58. The van der Waals surface area contributed by atoms with Crippen molar-refractivity contribution in [3.05, 3.63) is 71.9 Å². The molecule has 0 spiro atoms. The van der Waals surface area contributed by atoms with Crippen molar-refractivity contribution in [3.8, 4) is 0 Å². The second-order valence-corrected chi connectivity index (χ2v) is 8.39. The molecule has 2 aromatic carbocycles. The van der Waals surface area contributed by atoms with E-state index in [1.807, 2.05) is 6.07 Å². The Morgan fingerprint density at radius 2 is 1.62 bits per heavy atom. The SMILES string of the molecule is COC(=O)c1nnn([C@@H](Cc2ccccc2)C(=O)O)c1N(C(=O)OC(C)(C)C)c1ccccc1. The van der Waals surface area contributed by atoms with Crippen molar-refractivity contribution in [2.75, 3.05) is 12.0 Å². The van der Waals surface area contributed by atoms with E-state index in [9.17, 15) is 19.5 Å². The van der Waals surface area contributed by atoms with Crippen LogP contribution < -0.4 is 4.90 Å². The van der Waals surface area contributed by atoms with Crippen LogP contribution in [0.15, 0.2) is 60.7 Å². The first-order valence-corrected chi connectivity index (χ1v) is 10.5. The van der Waals surface area contributed by atoms with Crippen LogP contribution in [0.3, 0.4) is 0 Å². The maximum Gasteiger partial charge on any atom is 0.420 e. The molecule has 0 radical (unpaired) electrons. The number of rotatable bonds is 7. The second-order valence-electron chi connectivity index (χ2n) is 8.39. The van der Waals surface area contributed by atoms with E-state index >= 15 is 0 Å². The van der Waals surface area contributed by atoms with Crippen molar-refractivity contribution in [2.45, 2.75) is 38.8 Å². The number of amides is 1. The van der Waals surface area contributed by atoms with Gasteiger partial charge in [0, 0.05) is 6.42 Å². The van der Waals surface area contributed by atoms with E-state index in [2.05, 4.69) is 10.3 Å². The zero-order valence-corrected chi connectivity index (χ0v) is 19.3. The monoisotopic (exact) mass is 466 g/mol. The molecule has 0 aliphatic carbocycles. The molecular weight excluding hydrogens is 440 g/mol. The Kier molecular flexibility index (Phi) is 7.30. The quantitative estimate of drug-likeness (QED) is 0.518. The molecule has 1 atom stereocenters. The summed E-state index contributed by atoms with van der Waals surface area (Å²) < 4.78 is 11.5. The fourth-order valence-corrected chi connectivity index (χ4v) is 3.25. The largest absolute Gasteiger partial charge is 0.480 e. The molecule has 0 aliphatic heterocycles. The normalized spacial score (nSPS) is 12.0. The van der Waals surface area contributed by atoms with Crippen molar-refractivity contribution in [2.24, 2.45) is 0 Å². The standard InChI is InChI=1S/C24H26N4O6/c1-24(2,3)34-23(32)27(17-13-9-6-10-14-17)20-19(22(31)33-4)25-26-28(20)18(21(29)30)15-16-11-7-5-8-12-16/h5-14,18H,15H2,1-4H3,(H,29,30)/t18-/m0/s1. The molecule has 34 heavy (non-hydrogen) atoms. The highest BCUT2D eigenvalue weighted by Crippen LogP contribution is 2.33. The summed E-state index contributed by atoms with van der Waals surface area (Å²) in [6, 6.07) is 16.0. The van der Waals surface area contributed by atoms with Gasteiger partial charge in [-0.1, -0.05) is 53.7 Å². The van der Waals surface area contributed by atoms with E-state index in [4.69, 9.17) is 9.47 Å². The minimum atomic E-state index is -1.28. The Balaban J connectivity index is 2.23. The fourth-order valence-electron chi connectivity index (χ4n) is 3.25. The summed E-state index contributed by atoms with van der Waals surface area (Å²) in [6.07, 6.45) is -0.805. The summed E-state index contributed by atoms with van der Waals surface area (Å²) in [5.74, 6) is -2.27. The minimum Gasteiger partial charge on any atom is -0.480 e. The highest BCUT2D eigenvalue weighted by atomic mass is 16.6. The molecular formula is C24H26N4O6. The second kappa shape index (κ2) is 10.2.